The molecule has 0 aromatic heterocycles. The fourth-order valence-corrected chi connectivity index (χ4v) is 7.89. The molecule has 2 aliphatic heterocycles. The van der Waals surface area contributed by atoms with Crippen molar-refractivity contribution in [3.63, 3.8) is 0 Å². The maximum atomic E-state index is 10.8. The third kappa shape index (κ3) is 55.9. The molecule has 422 valence electrons. The van der Waals surface area contributed by atoms with Crippen LogP contribution in [-0.4, -0.2) is 256 Å². The predicted octanol–water partition coefficient (Wildman–Crippen LogP) is -8.34. The van der Waals surface area contributed by atoms with Gasteiger partial charge in [-0.05, 0) is 24.0 Å². The Morgan fingerprint density at radius 2 is 1.43 bits per heavy atom. The van der Waals surface area contributed by atoms with Gasteiger partial charge in [-0.2, -0.15) is 50.2 Å². The van der Waals surface area contributed by atoms with Crippen molar-refractivity contribution in [3.05, 3.63) is 13.0 Å². The van der Waals surface area contributed by atoms with Gasteiger partial charge in [0.2, 0.25) is 28.1 Å². The van der Waals surface area contributed by atoms with E-state index in [-0.39, 0.29) is 103 Å². The van der Waals surface area contributed by atoms with Crippen LogP contribution in [0, 0.1) is 13.0 Å². The van der Waals surface area contributed by atoms with Gasteiger partial charge in [0.05, 0.1) is 50.9 Å². The molecule has 0 aromatic rings. The van der Waals surface area contributed by atoms with Crippen LogP contribution in [0.1, 0.15) is 27.7 Å². The Kier molecular flexibility index (Phi) is 76.4. The molecule has 0 saturated carbocycles. The number of carbonyl (C=O) groups is 3. The molecule has 2 fully saturated rings. The number of rotatable bonds is 24. The first-order chi connectivity index (χ1) is 32.5. The third-order valence-corrected chi connectivity index (χ3v) is 12.5. The predicted molar refractivity (Wildman–Crippen MR) is 271 cm³/mol. The van der Waals surface area contributed by atoms with Gasteiger partial charge in [-0.3, -0.25) is 30.2 Å². The van der Waals surface area contributed by atoms with Gasteiger partial charge in [0, 0.05) is 51.3 Å². The standard InChI is InChI=1S/C17H31NO9S2.C7H16N2O2S2.C6H13NO3S.C3H6ClNO.C2H6.CO2.CH4.2Na.H2O4S/c1-24-18(3-2-5-29-6-4-28)16-14(23)15(13(22)12(8-19)26-16)27-17-11(21)7-10(20)9-25-17;1-8-7(10)4-12-6-13-5-9(2)11-3;1-7-6(10)4-11-3-5(9)2-8;1-5-3(6)2-4;1-2;2-1-3;;;;1-5(2,3)4/h7,9-17,19-23,28H,2-6,8H2,1H3;4-6H2,1-3H3,(H,8,10);5,8-9H,2-4H2,1H3,(H,7,10);2H2,1H3,(H,5,6);1-2H3;;1H4;;;(H2,1,2,3,4)/q-2;;;;;;;2*+1;/p-1/t10-,11?,12?,13-,14?,15-,16+,17-;;;;;;;;;/m0........./s1. The summed E-state index contributed by atoms with van der Waals surface area (Å²) in [6, 6.07) is 0. The summed E-state index contributed by atoms with van der Waals surface area (Å²) in [5, 5.41) is 79.0. The van der Waals surface area contributed by atoms with E-state index in [2.05, 4.69) is 28.6 Å². The van der Waals surface area contributed by atoms with Gasteiger partial charge in [0.15, 0.2) is 6.23 Å². The van der Waals surface area contributed by atoms with Gasteiger partial charge in [0.25, 0.3) is 0 Å². The van der Waals surface area contributed by atoms with E-state index in [0.29, 0.717) is 23.8 Å². The number of nitrogens with one attached hydrogen (secondary N) is 3. The first-order valence-electron chi connectivity index (χ1n) is 20.2. The Labute approximate surface area is 496 Å². The van der Waals surface area contributed by atoms with Crippen LogP contribution in [0.25, 0.3) is 0 Å². The van der Waals surface area contributed by atoms with Gasteiger partial charge in [0.1, 0.15) is 36.6 Å². The van der Waals surface area contributed by atoms with Crippen LogP contribution in [0.5, 0.6) is 0 Å². The number of ether oxygens (including phenoxy) is 3. The molecule has 2 aliphatic rings. The maximum absolute atomic E-state index is 10.8. The average molecular weight is 1200 g/mol. The zero-order valence-electron chi connectivity index (χ0n) is 41.7. The van der Waals surface area contributed by atoms with E-state index in [1.807, 2.05) is 20.9 Å². The zero-order valence-corrected chi connectivity index (χ0v) is 51.4. The van der Waals surface area contributed by atoms with E-state index in [1.54, 1.807) is 68.6 Å². The zero-order chi connectivity index (χ0) is 54.4. The van der Waals surface area contributed by atoms with Crippen molar-refractivity contribution in [3.8, 4) is 0 Å². The van der Waals surface area contributed by atoms with Crippen molar-refractivity contribution in [1.29, 1.82) is 0 Å². The van der Waals surface area contributed by atoms with E-state index in [1.165, 1.54) is 30.4 Å². The number of aliphatic hydroxyl groups excluding tert-OH is 7. The van der Waals surface area contributed by atoms with Crippen molar-refractivity contribution < 1.29 is 160 Å². The summed E-state index contributed by atoms with van der Waals surface area (Å²) in [5.41, 5.74) is 0. The van der Waals surface area contributed by atoms with Crippen LogP contribution < -0.4 is 75.1 Å². The van der Waals surface area contributed by atoms with Crippen molar-refractivity contribution in [2.45, 2.75) is 82.9 Å². The second-order valence-corrected chi connectivity index (χ2v) is 18.4. The van der Waals surface area contributed by atoms with Crippen molar-refractivity contribution in [1.82, 2.24) is 26.1 Å². The fourth-order valence-electron chi connectivity index (χ4n) is 4.08. The fraction of sp³-hybridized carbons (Fsp3) is 0.838. The van der Waals surface area contributed by atoms with Crippen molar-refractivity contribution >= 4 is 106 Å². The van der Waals surface area contributed by atoms with Crippen LogP contribution in [-0.2, 0) is 58.3 Å². The number of thiol groups is 1. The number of hydrogen-bond acceptors (Lipinski definition) is 27. The van der Waals surface area contributed by atoms with Gasteiger partial charge >= 0.3 is 65.3 Å². The molecular weight excluding hydrogens is 1120 g/mol. The van der Waals surface area contributed by atoms with E-state index in [4.69, 9.17) is 72.8 Å². The smallest absolute Gasteiger partial charge is 0.726 e. The van der Waals surface area contributed by atoms with E-state index in [0.717, 1.165) is 41.2 Å². The Morgan fingerprint density at radius 3 is 1.83 bits per heavy atom. The number of amides is 3. The summed E-state index contributed by atoms with van der Waals surface area (Å²) in [7, 11) is 4.78. The normalized spacial score (nSPS) is 21.0. The van der Waals surface area contributed by atoms with Crippen molar-refractivity contribution in [2.75, 3.05) is 114 Å². The van der Waals surface area contributed by atoms with Gasteiger partial charge in [-0.1, -0.05) is 21.3 Å². The first kappa shape index (κ1) is 89.7. The minimum Gasteiger partial charge on any atom is -0.726 e. The molecule has 35 heteroatoms. The molecule has 0 aliphatic carbocycles. The molecule has 72 heavy (non-hydrogen) atoms. The topological polar surface area (TPSA) is 393 Å². The molecule has 11 N–H and O–H groups in total. The number of hydroxylamine groups is 4. The molecule has 0 radical (unpaired) electrons. The molecule has 3 amide bonds. The first-order valence-corrected chi connectivity index (χ1v) is 27.3. The molecule has 0 spiro atoms. The van der Waals surface area contributed by atoms with E-state index < -0.39 is 72.3 Å². The van der Waals surface area contributed by atoms with Crippen LogP contribution in [0.4, 0.5) is 0 Å². The van der Waals surface area contributed by atoms with E-state index >= 15 is 0 Å². The second kappa shape index (κ2) is 61.4. The molecular formula is C37H77ClN5Na2O21S6-. The number of thioether (sulfide) groups is 4. The maximum Gasteiger partial charge on any atom is 1.00 e. The van der Waals surface area contributed by atoms with E-state index in [9.17, 15) is 39.9 Å². The molecule has 2 heterocycles. The van der Waals surface area contributed by atoms with Gasteiger partial charge in [-0.25, -0.2) is 15.0 Å². The van der Waals surface area contributed by atoms with Crippen LogP contribution in [0.15, 0.2) is 0 Å². The summed E-state index contributed by atoms with van der Waals surface area (Å²) < 4.78 is 49.2. The molecule has 2 rings (SSSR count). The summed E-state index contributed by atoms with van der Waals surface area (Å²) in [6.45, 7) is 4.75. The van der Waals surface area contributed by atoms with Crippen LogP contribution in [0.3, 0.4) is 0 Å². The van der Waals surface area contributed by atoms with Crippen molar-refractivity contribution in [2.24, 2.45) is 0 Å². The quantitative estimate of drug-likeness (QED) is 0.00491. The van der Waals surface area contributed by atoms with Crippen LogP contribution in [0.2, 0.25) is 0 Å². The largest absolute Gasteiger partial charge is 1.00 e. The number of hydrogen-bond donors (Lipinski definition) is 12. The third-order valence-electron chi connectivity index (χ3n) is 7.27. The van der Waals surface area contributed by atoms with Gasteiger partial charge in [-0.15, -0.1) is 46.9 Å². The minimum atomic E-state index is -4.92. The molecule has 9 atom stereocenters. The summed E-state index contributed by atoms with van der Waals surface area (Å²) in [6.07, 6.45) is -8.12. The Hall–Kier alpha value is 1.14. The average Bonchev–Trinajstić information content (AvgIpc) is 3.32. The Bertz CT molecular complexity index is 1380. The Balaban J connectivity index is -0.000000133. The number of alkyl halides is 1. The summed E-state index contributed by atoms with van der Waals surface area (Å²) in [5.74, 6) is 4.57. The summed E-state index contributed by atoms with van der Waals surface area (Å²) in [4.78, 5) is 57.9. The SMILES string of the molecule is C.CC.CNC(=O)CCl.CNC(=O)CSCC(O)CO.CNC(=O)CSCSCN(C)OC.CON(CCCSCCS)[C@@H]1OC(CO)[C@H](O)[C@H](O[C@@H]2O[CH-][C@@H](O)[CH-]C2O)C1O.O=C=O.O=S(=O)([O-])O.[Na+].[Na+]. The molecule has 0 bridgehead atoms. The molecule has 0 aromatic carbocycles. The van der Waals surface area contributed by atoms with Crippen LogP contribution >= 0.6 is 71.3 Å². The molecule has 26 nitrogen and oxygen atoms in total. The number of carbonyl (C=O) groups excluding carboxylic acids is 5. The monoisotopic (exact) mass is 1200 g/mol. The number of halogens is 1. The van der Waals surface area contributed by atoms with Gasteiger partial charge < -0.3 is 75.3 Å². The number of nitrogens with zero attached hydrogens (tertiary/aromatic N) is 2. The summed E-state index contributed by atoms with van der Waals surface area (Å²) >= 11 is 15.6. The second-order valence-electron chi connectivity index (χ2n) is 12.3. The number of aliphatic hydroxyl groups is 7. The molecule has 4 unspecified atom stereocenters. The molecule has 2 saturated heterocycles. The Morgan fingerprint density at radius 1 is 0.917 bits per heavy atom. The minimum absolute atomic E-state index is 0.